The van der Waals surface area contributed by atoms with Crippen LogP contribution in [-0.4, -0.2) is 10.9 Å². The lowest BCUT2D eigenvalue weighted by atomic mass is 10.0. The third-order valence-electron chi connectivity index (χ3n) is 5.26. The number of anilines is 1. The molecule has 0 aliphatic heterocycles. The molecule has 1 heterocycles. The van der Waals surface area contributed by atoms with E-state index in [9.17, 15) is 4.79 Å². The second kappa shape index (κ2) is 9.53. The maximum absolute atomic E-state index is 12.8. The van der Waals surface area contributed by atoms with Gasteiger partial charge in [0.15, 0.2) is 5.13 Å². The van der Waals surface area contributed by atoms with E-state index >= 15 is 0 Å². The van der Waals surface area contributed by atoms with Crippen LogP contribution < -0.4 is 5.32 Å². The van der Waals surface area contributed by atoms with Gasteiger partial charge in [-0.05, 0) is 41.0 Å². The van der Waals surface area contributed by atoms with Crippen LogP contribution in [-0.2, 0) is 0 Å². The highest BCUT2D eigenvalue weighted by Crippen LogP contribution is 2.39. The number of carbonyl (C=O) groups is 1. The smallest absolute Gasteiger partial charge is 0.257 e. The molecule has 5 heteroatoms. The van der Waals surface area contributed by atoms with Crippen LogP contribution in [0.15, 0.2) is 114 Å². The Balaban J connectivity index is 1.50. The lowest BCUT2D eigenvalue weighted by molar-refractivity contribution is 0.102. The zero-order valence-corrected chi connectivity index (χ0v) is 19.9. The number of aromatic nitrogens is 1. The molecule has 5 rings (SSSR count). The fourth-order valence-electron chi connectivity index (χ4n) is 3.58. The van der Waals surface area contributed by atoms with E-state index in [2.05, 4.69) is 57.6 Å². The summed E-state index contributed by atoms with van der Waals surface area (Å²) >= 11 is 4.89. The van der Waals surface area contributed by atoms with Crippen LogP contribution in [0.1, 0.15) is 10.4 Å². The molecule has 3 nitrogen and oxygen atoms in total. The van der Waals surface area contributed by atoms with E-state index in [4.69, 9.17) is 4.98 Å². The molecule has 0 aliphatic carbocycles. The summed E-state index contributed by atoms with van der Waals surface area (Å²) in [5.74, 6) is -0.179. The van der Waals surface area contributed by atoms with Crippen molar-refractivity contribution in [1.82, 2.24) is 4.98 Å². The topological polar surface area (TPSA) is 42.0 Å². The second-order valence-corrected chi connectivity index (χ2v) is 9.38. The molecule has 1 aromatic heterocycles. The molecule has 0 radical (unpaired) electrons. The van der Waals surface area contributed by atoms with Crippen molar-refractivity contribution >= 4 is 38.3 Å². The maximum Gasteiger partial charge on any atom is 0.257 e. The number of rotatable bonds is 5. The Morgan fingerprint density at radius 1 is 0.667 bits per heavy atom. The van der Waals surface area contributed by atoms with Crippen molar-refractivity contribution in [3.63, 3.8) is 0 Å². The van der Waals surface area contributed by atoms with Crippen LogP contribution in [0.3, 0.4) is 0 Å². The van der Waals surface area contributed by atoms with Crippen molar-refractivity contribution in [3.8, 4) is 32.8 Å². The molecule has 0 spiro atoms. The van der Waals surface area contributed by atoms with E-state index in [-0.39, 0.29) is 5.91 Å². The molecule has 0 unspecified atom stereocenters. The molecule has 33 heavy (non-hydrogen) atoms. The number of nitrogens with zero attached hydrogens (tertiary/aromatic N) is 1. The van der Waals surface area contributed by atoms with Crippen molar-refractivity contribution in [2.24, 2.45) is 0 Å². The molecule has 1 amide bonds. The Hall–Kier alpha value is -3.54. The Kier molecular flexibility index (Phi) is 6.15. The first-order valence-corrected chi connectivity index (χ1v) is 12.1. The van der Waals surface area contributed by atoms with Crippen LogP contribution in [0.2, 0.25) is 0 Å². The number of nitrogens with one attached hydrogen (secondary N) is 1. The minimum atomic E-state index is -0.179. The number of thiazole rings is 1. The first kappa shape index (κ1) is 21.3. The van der Waals surface area contributed by atoms with Gasteiger partial charge in [-0.3, -0.25) is 10.1 Å². The number of benzene rings is 4. The molecule has 160 valence electrons. The van der Waals surface area contributed by atoms with Gasteiger partial charge in [0.1, 0.15) is 0 Å². The number of carbonyl (C=O) groups excluding carboxylic acids is 1. The molecule has 0 saturated heterocycles. The maximum atomic E-state index is 12.8. The summed E-state index contributed by atoms with van der Waals surface area (Å²) in [5, 5.41) is 3.54. The molecular formula is C28H19BrN2OS. The standard InChI is InChI=1S/C28H19BrN2OS/c29-24-17-15-23(16-18-24)27(32)31-28-30-25(21-9-5-2-6-10-21)26(33-28)22-13-11-20(12-14-22)19-7-3-1-4-8-19/h1-18H,(H,30,31,32). The van der Waals surface area contributed by atoms with Gasteiger partial charge in [-0.15, -0.1) is 0 Å². The van der Waals surface area contributed by atoms with E-state index < -0.39 is 0 Å². The quantitative estimate of drug-likeness (QED) is 0.259. The summed E-state index contributed by atoms with van der Waals surface area (Å²) < 4.78 is 0.931. The van der Waals surface area contributed by atoms with Gasteiger partial charge in [-0.2, -0.15) is 0 Å². The van der Waals surface area contributed by atoms with E-state index in [0.29, 0.717) is 10.7 Å². The molecule has 4 aromatic carbocycles. The summed E-state index contributed by atoms with van der Waals surface area (Å²) in [6.07, 6.45) is 0. The third-order valence-corrected chi connectivity index (χ3v) is 6.80. The van der Waals surface area contributed by atoms with Crippen LogP contribution >= 0.6 is 27.3 Å². The fourth-order valence-corrected chi connectivity index (χ4v) is 4.83. The minimum absolute atomic E-state index is 0.179. The molecule has 5 aromatic rings. The van der Waals surface area contributed by atoms with Gasteiger partial charge in [0.25, 0.3) is 5.91 Å². The highest BCUT2D eigenvalue weighted by atomic mass is 79.9. The largest absolute Gasteiger partial charge is 0.298 e. The molecule has 0 aliphatic rings. The van der Waals surface area contributed by atoms with Gasteiger partial charge in [0, 0.05) is 15.6 Å². The van der Waals surface area contributed by atoms with Crippen LogP contribution in [0.4, 0.5) is 5.13 Å². The molecule has 0 bridgehead atoms. The first-order chi connectivity index (χ1) is 16.2. The van der Waals surface area contributed by atoms with Crippen molar-refractivity contribution < 1.29 is 4.79 Å². The normalized spacial score (nSPS) is 10.7. The summed E-state index contributed by atoms with van der Waals surface area (Å²) in [5.41, 5.74) is 5.87. The van der Waals surface area contributed by atoms with Gasteiger partial charge < -0.3 is 0 Å². The van der Waals surface area contributed by atoms with Gasteiger partial charge in [-0.25, -0.2) is 4.98 Å². The van der Waals surface area contributed by atoms with Gasteiger partial charge in [-0.1, -0.05) is 112 Å². The predicted molar refractivity (Wildman–Crippen MR) is 141 cm³/mol. The molecule has 1 N–H and O–H groups in total. The fraction of sp³-hybridized carbons (Fsp3) is 0. The van der Waals surface area contributed by atoms with Crippen LogP contribution in [0.5, 0.6) is 0 Å². The highest BCUT2D eigenvalue weighted by Gasteiger charge is 2.17. The lowest BCUT2D eigenvalue weighted by Gasteiger charge is -2.05. The third kappa shape index (κ3) is 4.80. The average molecular weight is 511 g/mol. The molecular weight excluding hydrogens is 492 g/mol. The number of halogens is 1. The van der Waals surface area contributed by atoms with E-state index in [1.165, 1.54) is 16.9 Å². The van der Waals surface area contributed by atoms with Crippen molar-refractivity contribution in [2.75, 3.05) is 5.32 Å². The predicted octanol–water partition coefficient (Wildman–Crippen LogP) is 8.16. The Morgan fingerprint density at radius 3 is 1.85 bits per heavy atom. The highest BCUT2D eigenvalue weighted by molar-refractivity contribution is 9.10. The Labute approximate surface area is 204 Å². The Morgan fingerprint density at radius 2 is 1.21 bits per heavy atom. The van der Waals surface area contributed by atoms with E-state index in [0.717, 1.165) is 31.7 Å². The number of amides is 1. The van der Waals surface area contributed by atoms with Crippen molar-refractivity contribution in [2.45, 2.75) is 0 Å². The van der Waals surface area contributed by atoms with Crippen molar-refractivity contribution in [3.05, 3.63) is 119 Å². The average Bonchev–Trinajstić information content (AvgIpc) is 3.29. The molecule has 0 atom stereocenters. The monoisotopic (exact) mass is 510 g/mol. The summed E-state index contributed by atoms with van der Waals surface area (Å²) in [6.45, 7) is 0. The van der Waals surface area contributed by atoms with Gasteiger partial charge in [0.2, 0.25) is 0 Å². The molecule has 0 fully saturated rings. The summed E-state index contributed by atoms with van der Waals surface area (Å²) in [6, 6.07) is 36.1. The van der Waals surface area contributed by atoms with Crippen LogP contribution in [0, 0.1) is 0 Å². The zero-order chi connectivity index (χ0) is 22.6. The van der Waals surface area contributed by atoms with Gasteiger partial charge in [0.05, 0.1) is 10.6 Å². The number of hydrogen-bond donors (Lipinski definition) is 1. The Bertz CT molecular complexity index is 1380. The zero-order valence-electron chi connectivity index (χ0n) is 17.5. The van der Waals surface area contributed by atoms with E-state index in [1.807, 2.05) is 60.7 Å². The van der Waals surface area contributed by atoms with Crippen molar-refractivity contribution in [1.29, 1.82) is 0 Å². The van der Waals surface area contributed by atoms with Crippen LogP contribution in [0.25, 0.3) is 32.8 Å². The first-order valence-electron chi connectivity index (χ1n) is 10.5. The number of hydrogen-bond acceptors (Lipinski definition) is 3. The SMILES string of the molecule is O=C(Nc1nc(-c2ccccc2)c(-c2ccc(-c3ccccc3)cc2)s1)c1ccc(Br)cc1. The lowest BCUT2D eigenvalue weighted by Crippen LogP contribution is -2.11. The van der Waals surface area contributed by atoms with E-state index in [1.54, 1.807) is 12.1 Å². The summed E-state index contributed by atoms with van der Waals surface area (Å²) in [4.78, 5) is 18.6. The minimum Gasteiger partial charge on any atom is -0.298 e. The molecule has 0 saturated carbocycles. The summed E-state index contributed by atoms with van der Waals surface area (Å²) in [7, 11) is 0. The second-order valence-electron chi connectivity index (χ2n) is 7.47. The van der Waals surface area contributed by atoms with Gasteiger partial charge >= 0.3 is 0 Å².